The Morgan fingerprint density at radius 2 is 1.94 bits per heavy atom. The van der Waals surface area contributed by atoms with Crippen molar-refractivity contribution in [1.29, 1.82) is 0 Å². The highest BCUT2D eigenvalue weighted by Gasteiger charge is 2.15. The van der Waals surface area contributed by atoms with Crippen LogP contribution >= 0.6 is 0 Å². The maximum absolute atomic E-state index is 14.4. The molecule has 0 amide bonds. The third-order valence-electron chi connectivity index (χ3n) is 4.93. The molecule has 1 N–H and O–H groups in total. The van der Waals surface area contributed by atoms with Gasteiger partial charge in [0.2, 0.25) is 5.95 Å². The lowest BCUT2D eigenvalue weighted by atomic mass is 10.1. The molecular weight excluding hydrogens is 427 g/mol. The summed E-state index contributed by atoms with van der Waals surface area (Å²) in [5, 5.41) is 7.46. The van der Waals surface area contributed by atoms with Gasteiger partial charge in [-0.2, -0.15) is 4.98 Å². The van der Waals surface area contributed by atoms with Crippen LogP contribution in [0.4, 0.5) is 16.0 Å². The molecule has 4 aromatic rings. The smallest absolute Gasteiger partial charge is 0.226 e. The van der Waals surface area contributed by atoms with Gasteiger partial charge in [0.05, 0.1) is 37.1 Å². The SMILES string of the molecule is COCCOc1ccc(F)c(Nc2nc(-c3ccc(-n4cnc(C)c4)c(OC)c3)nn2C)c1. The van der Waals surface area contributed by atoms with E-state index in [4.69, 9.17) is 14.2 Å². The number of ether oxygens (including phenoxy) is 3. The van der Waals surface area contributed by atoms with Gasteiger partial charge in [0.1, 0.15) is 23.9 Å². The van der Waals surface area contributed by atoms with Crippen LogP contribution in [0.5, 0.6) is 11.5 Å². The molecule has 0 atom stereocenters. The topological polar surface area (TPSA) is 88.2 Å². The molecule has 33 heavy (non-hydrogen) atoms. The van der Waals surface area contributed by atoms with Gasteiger partial charge in [0.25, 0.3) is 0 Å². The average Bonchev–Trinajstić information content (AvgIpc) is 3.41. The number of hydrogen-bond donors (Lipinski definition) is 1. The van der Waals surface area contributed by atoms with Crippen molar-refractivity contribution in [2.75, 3.05) is 32.8 Å². The van der Waals surface area contributed by atoms with E-state index in [9.17, 15) is 4.39 Å². The van der Waals surface area contributed by atoms with Crippen molar-refractivity contribution in [3.05, 3.63) is 60.4 Å². The van der Waals surface area contributed by atoms with E-state index in [0.29, 0.717) is 36.5 Å². The van der Waals surface area contributed by atoms with E-state index >= 15 is 0 Å². The van der Waals surface area contributed by atoms with E-state index in [2.05, 4.69) is 20.4 Å². The number of nitrogens with one attached hydrogen (secondary N) is 1. The van der Waals surface area contributed by atoms with Gasteiger partial charge in [-0.15, -0.1) is 5.10 Å². The predicted octanol–water partition coefficient (Wildman–Crippen LogP) is 3.89. The molecule has 9 nitrogen and oxygen atoms in total. The molecule has 0 unspecified atom stereocenters. The maximum Gasteiger partial charge on any atom is 0.226 e. The van der Waals surface area contributed by atoms with E-state index in [1.54, 1.807) is 44.4 Å². The lowest BCUT2D eigenvalue weighted by Crippen LogP contribution is -2.05. The summed E-state index contributed by atoms with van der Waals surface area (Å²) in [6.07, 6.45) is 3.65. The van der Waals surface area contributed by atoms with Crippen LogP contribution in [0, 0.1) is 12.7 Å². The van der Waals surface area contributed by atoms with Crippen molar-refractivity contribution in [2.45, 2.75) is 6.92 Å². The summed E-state index contributed by atoms with van der Waals surface area (Å²) in [4.78, 5) is 8.81. The lowest BCUT2D eigenvalue weighted by Gasteiger charge is -2.10. The average molecular weight is 452 g/mol. The second-order valence-corrected chi connectivity index (χ2v) is 7.30. The number of anilines is 2. The Hall–Kier alpha value is -3.92. The number of halogens is 1. The summed E-state index contributed by atoms with van der Waals surface area (Å²) in [5.74, 6) is 1.60. The summed E-state index contributed by atoms with van der Waals surface area (Å²) in [6, 6.07) is 10.1. The fourth-order valence-corrected chi connectivity index (χ4v) is 3.25. The Balaban J connectivity index is 1.58. The molecule has 0 fully saturated rings. The molecule has 172 valence electrons. The van der Waals surface area contributed by atoms with Crippen LogP contribution in [0.1, 0.15) is 5.69 Å². The minimum Gasteiger partial charge on any atom is -0.495 e. The number of rotatable bonds is 9. The van der Waals surface area contributed by atoms with Crippen LogP contribution in [-0.2, 0) is 11.8 Å². The van der Waals surface area contributed by atoms with Crippen molar-refractivity contribution >= 4 is 11.6 Å². The number of benzene rings is 2. The predicted molar refractivity (Wildman–Crippen MR) is 122 cm³/mol. The second kappa shape index (κ2) is 9.70. The Bertz CT molecular complexity index is 1250. The molecule has 4 rings (SSSR count). The summed E-state index contributed by atoms with van der Waals surface area (Å²) in [5.41, 5.74) is 2.75. The zero-order chi connectivity index (χ0) is 23.4. The van der Waals surface area contributed by atoms with Crippen molar-refractivity contribution < 1.29 is 18.6 Å². The zero-order valence-corrected chi connectivity index (χ0v) is 18.9. The number of aromatic nitrogens is 5. The number of nitrogens with zero attached hydrogens (tertiary/aromatic N) is 5. The highest BCUT2D eigenvalue weighted by atomic mass is 19.1. The summed E-state index contributed by atoms with van der Waals surface area (Å²) in [6.45, 7) is 2.73. The molecule has 0 aliphatic carbocycles. The van der Waals surface area contributed by atoms with Gasteiger partial charge in [-0.05, 0) is 37.3 Å². The highest BCUT2D eigenvalue weighted by Crippen LogP contribution is 2.30. The van der Waals surface area contributed by atoms with Gasteiger partial charge >= 0.3 is 0 Å². The molecule has 0 saturated carbocycles. The monoisotopic (exact) mass is 452 g/mol. The first-order valence-corrected chi connectivity index (χ1v) is 10.3. The number of aryl methyl sites for hydroxylation is 2. The Kier molecular flexibility index (Phi) is 6.55. The molecule has 2 aromatic carbocycles. The summed E-state index contributed by atoms with van der Waals surface area (Å²) >= 11 is 0. The molecule has 0 saturated heterocycles. The van der Waals surface area contributed by atoms with Crippen LogP contribution < -0.4 is 14.8 Å². The van der Waals surface area contributed by atoms with E-state index < -0.39 is 5.82 Å². The molecule has 2 heterocycles. The zero-order valence-electron chi connectivity index (χ0n) is 18.9. The Morgan fingerprint density at radius 3 is 2.67 bits per heavy atom. The maximum atomic E-state index is 14.4. The molecule has 0 bridgehead atoms. The summed E-state index contributed by atoms with van der Waals surface area (Å²) in [7, 11) is 4.93. The summed E-state index contributed by atoms with van der Waals surface area (Å²) < 4.78 is 33.9. The van der Waals surface area contributed by atoms with Crippen LogP contribution in [0.25, 0.3) is 17.1 Å². The van der Waals surface area contributed by atoms with E-state index in [1.165, 1.54) is 6.07 Å². The fraction of sp³-hybridized carbons (Fsp3) is 0.261. The largest absolute Gasteiger partial charge is 0.495 e. The molecule has 2 aromatic heterocycles. The van der Waals surface area contributed by atoms with Crippen LogP contribution in [0.3, 0.4) is 0 Å². The number of methoxy groups -OCH3 is 2. The van der Waals surface area contributed by atoms with Gasteiger partial charge < -0.3 is 24.1 Å². The third-order valence-corrected chi connectivity index (χ3v) is 4.93. The minimum absolute atomic E-state index is 0.232. The van der Waals surface area contributed by atoms with E-state index in [0.717, 1.165) is 16.9 Å². The van der Waals surface area contributed by atoms with Crippen molar-refractivity contribution in [2.24, 2.45) is 7.05 Å². The Labute approximate surface area is 190 Å². The molecule has 0 spiro atoms. The first kappa shape index (κ1) is 22.3. The van der Waals surface area contributed by atoms with Crippen LogP contribution in [-0.4, -0.2) is 51.7 Å². The standard InChI is InChI=1S/C23H25FN6O3/c1-15-13-30(14-25-15)20-8-5-16(11-21(20)32-4)22-27-23(29(2)28-22)26-19-12-17(6-7-18(19)24)33-10-9-31-3/h5-8,11-14H,9-10H2,1-4H3,(H,26,27,28). The lowest BCUT2D eigenvalue weighted by molar-refractivity contribution is 0.146. The highest BCUT2D eigenvalue weighted by molar-refractivity contribution is 5.65. The van der Waals surface area contributed by atoms with Crippen molar-refractivity contribution in [1.82, 2.24) is 24.3 Å². The first-order chi connectivity index (χ1) is 16.0. The van der Waals surface area contributed by atoms with Gasteiger partial charge in [-0.25, -0.2) is 14.1 Å². The van der Waals surface area contributed by atoms with Crippen LogP contribution in [0.15, 0.2) is 48.9 Å². The molecule has 0 aliphatic rings. The minimum atomic E-state index is -0.430. The third kappa shape index (κ3) is 4.96. The van der Waals surface area contributed by atoms with Crippen LogP contribution in [0.2, 0.25) is 0 Å². The van der Waals surface area contributed by atoms with Gasteiger partial charge in [0.15, 0.2) is 5.82 Å². The number of imidazole rings is 1. The molecule has 10 heteroatoms. The first-order valence-electron chi connectivity index (χ1n) is 10.3. The molecule has 0 radical (unpaired) electrons. The normalized spacial score (nSPS) is 10.9. The van der Waals surface area contributed by atoms with E-state index in [1.807, 2.05) is 35.9 Å². The Morgan fingerprint density at radius 1 is 1.09 bits per heavy atom. The van der Waals surface area contributed by atoms with E-state index in [-0.39, 0.29) is 5.69 Å². The molecule has 0 aliphatic heterocycles. The van der Waals surface area contributed by atoms with Crippen molar-refractivity contribution in [3.8, 4) is 28.6 Å². The second-order valence-electron chi connectivity index (χ2n) is 7.30. The number of hydrogen-bond acceptors (Lipinski definition) is 7. The quantitative estimate of drug-likeness (QED) is 0.386. The fourth-order valence-electron chi connectivity index (χ4n) is 3.25. The van der Waals surface area contributed by atoms with Gasteiger partial charge in [-0.3, -0.25) is 0 Å². The van der Waals surface area contributed by atoms with Gasteiger partial charge in [0, 0.05) is 32.0 Å². The molecular formula is C23H25FN6O3. The van der Waals surface area contributed by atoms with Crippen molar-refractivity contribution in [3.63, 3.8) is 0 Å². The van der Waals surface area contributed by atoms with Gasteiger partial charge in [-0.1, -0.05) is 0 Å².